The molecule has 5 nitrogen and oxygen atoms in total. The van der Waals surface area contributed by atoms with E-state index in [9.17, 15) is 4.79 Å². The molecule has 1 unspecified atom stereocenters. The van der Waals surface area contributed by atoms with E-state index < -0.39 is 0 Å². The molecule has 116 valence electrons. The van der Waals surface area contributed by atoms with E-state index in [1.165, 1.54) is 0 Å². The highest BCUT2D eigenvalue weighted by Gasteiger charge is 2.24. The second-order valence-electron chi connectivity index (χ2n) is 5.83. The minimum absolute atomic E-state index is 0.0994. The molecular weight excluding hydrogens is 266 g/mol. The zero-order valence-electron chi connectivity index (χ0n) is 13.1. The Morgan fingerprint density at radius 2 is 2.10 bits per heavy atom. The number of nitrogens with one attached hydrogen (secondary N) is 1. The van der Waals surface area contributed by atoms with Crippen LogP contribution in [0.4, 0.5) is 0 Å². The third-order valence-electron chi connectivity index (χ3n) is 3.88. The predicted molar refractivity (Wildman–Crippen MR) is 82.3 cm³/mol. The molecule has 1 saturated heterocycles. The summed E-state index contributed by atoms with van der Waals surface area (Å²) in [6, 6.07) is 5.84. The van der Waals surface area contributed by atoms with Crippen molar-refractivity contribution in [3.05, 3.63) is 29.6 Å². The Labute approximate surface area is 126 Å². The van der Waals surface area contributed by atoms with E-state index in [1.54, 1.807) is 6.07 Å². The summed E-state index contributed by atoms with van der Waals surface area (Å²) < 4.78 is 5.40. The van der Waals surface area contributed by atoms with Crippen LogP contribution >= 0.6 is 0 Å². The van der Waals surface area contributed by atoms with Crippen LogP contribution in [-0.2, 0) is 4.74 Å². The molecule has 2 rings (SSSR count). The molecule has 0 saturated carbocycles. The molecule has 0 bridgehead atoms. The highest BCUT2D eigenvalue weighted by Crippen LogP contribution is 2.12. The molecule has 5 heteroatoms. The number of hydrogen-bond donors (Lipinski definition) is 1. The van der Waals surface area contributed by atoms with Crippen LogP contribution in [0.5, 0.6) is 0 Å². The maximum absolute atomic E-state index is 12.2. The number of hydrogen-bond acceptors (Lipinski definition) is 4. The summed E-state index contributed by atoms with van der Waals surface area (Å²) in [4.78, 5) is 18.9. The van der Waals surface area contributed by atoms with Gasteiger partial charge in [0.1, 0.15) is 5.69 Å². The molecular formula is C16H25N3O2. The van der Waals surface area contributed by atoms with Gasteiger partial charge in [-0.3, -0.25) is 9.69 Å². The maximum atomic E-state index is 12.2. The van der Waals surface area contributed by atoms with Gasteiger partial charge >= 0.3 is 0 Å². The molecule has 0 aromatic carbocycles. The van der Waals surface area contributed by atoms with Crippen molar-refractivity contribution in [2.45, 2.75) is 26.8 Å². The smallest absolute Gasteiger partial charge is 0.269 e. The van der Waals surface area contributed by atoms with E-state index in [-0.39, 0.29) is 5.91 Å². The van der Waals surface area contributed by atoms with Gasteiger partial charge in [-0.15, -0.1) is 0 Å². The van der Waals surface area contributed by atoms with Crippen molar-refractivity contribution in [1.82, 2.24) is 15.2 Å². The minimum Gasteiger partial charge on any atom is -0.379 e. The maximum Gasteiger partial charge on any atom is 0.269 e. The zero-order valence-corrected chi connectivity index (χ0v) is 13.1. The summed E-state index contributed by atoms with van der Waals surface area (Å²) in [6.07, 6.45) is 0. The molecule has 1 N–H and O–H groups in total. The first-order valence-corrected chi connectivity index (χ1v) is 7.61. The number of morpholine rings is 1. The Hall–Kier alpha value is -1.46. The second-order valence-corrected chi connectivity index (χ2v) is 5.83. The molecule has 1 fully saturated rings. The van der Waals surface area contributed by atoms with E-state index in [1.807, 2.05) is 19.1 Å². The van der Waals surface area contributed by atoms with Gasteiger partial charge < -0.3 is 10.1 Å². The van der Waals surface area contributed by atoms with Gasteiger partial charge in [0, 0.05) is 31.4 Å². The molecule has 0 radical (unpaired) electrons. The van der Waals surface area contributed by atoms with Crippen molar-refractivity contribution < 1.29 is 9.53 Å². The van der Waals surface area contributed by atoms with Crippen molar-refractivity contribution in [3.8, 4) is 0 Å². The molecule has 1 aliphatic rings. The van der Waals surface area contributed by atoms with Gasteiger partial charge in [-0.1, -0.05) is 19.9 Å². The Balaban J connectivity index is 1.93. The van der Waals surface area contributed by atoms with Crippen LogP contribution in [0.25, 0.3) is 0 Å². The number of aryl methyl sites for hydroxylation is 1. The van der Waals surface area contributed by atoms with Crippen LogP contribution in [0, 0.1) is 12.8 Å². The van der Waals surface area contributed by atoms with Crippen LogP contribution in [0.15, 0.2) is 18.2 Å². The molecule has 0 aliphatic carbocycles. The quantitative estimate of drug-likeness (QED) is 0.893. The van der Waals surface area contributed by atoms with Crippen molar-refractivity contribution in [1.29, 1.82) is 0 Å². The number of pyridine rings is 1. The monoisotopic (exact) mass is 291 g/mol. The first-order valence-electron chi connectivity index (χ1n) is 7.61. The van der Waals surface area contributed by atoms with Crippen molar-refractivity contribution >= 4 is 5.91 Å². The fourth-order valence-corrected chi connectivity index (χ4v) is 2.65. The highest BCUT2D eigenvalue weighted by atomic mass is 16.5. The Morgan fingerprint density at radius 3 is 2.71 bits per heavy atom. The first-order chi connectivity index (χ1) is 10.1. The Morgan fingerprint density at radius 1 is 1.38 bits per heavy atom. The topological polar surface area (TPSA) is 54.5 Å². The van der Waals surface area contributed by atoms with Crippen molar-refractivity contribution in [2.24, 2.45) is 5.92 Å². The zero-order chi connectivity index (χ0) is 15.2. The molecule has 0 spiro atoms. The van der Waals surface area contributed by atoms with Crippen LogP contribution in [0.3, 0.4) is 0 Å². The van der Waals surface area contributed by atoms with Crippen LogP contribution in [-0.4, -0.2) is 54.7 Å². The van der Waals surface area contributed by atoms with Gasteiger partial charge in [-0.25, -0.2) is 4.98 Å². The molecule has 2 heterocycles. The lowest BCUT2D eigenvalue weighted by atomic mass is 10.0. The molecule has 21 heavy (non-hydrogen) atoms. The number of aromatic nitrogens is 1. The van der Waals surface area contributed by atoms with Gasteiger partial charge in [0.15, 0.2) is 0 Å². The van der Waals surface area contributed by atoms with E-state index in [0.717, 1.165) is 32.0 Å². The normalized spacial score (nSPS) is 17.7. The van der Waals surface area contributed by atoms with E-state index in [0.29, 0.717) is 24.2 Å². The van der Waals surface area contributed by atoms with E-state index >= 15 is 0 Å². The number of nitrogens with zero attached hydrogens (tertiary/aromatic N) is 2. The van der Waals surface area contributed by atoms with Crippen LogP contribution < -0.4 is 5.32 Å². The summed E-state index contributed by atoms with van der Waals surface area (Å²) in [5.41, 5.74) is 1.34. The summed E-state index contributed by atoms with van der Waals surface area (Å²) in [5.74, 6) is 0.381. The fraction of sp³-hybridized carbons (Fsp3) is 0.625. The lowest BCUT2D eigenvalue weighted by molar-refractivity contribution is 0.00671. The molecule has 1 aliphatic heterocycles. The van der Waals surface area contributed by atoms with Gasteiger partial charge in [-0.2, -0.15) is 0 Å². The third-order valence-corrected chi connectivity index (χ3v) is 3.88. The fourth-order valence-electron chi connectivity index (χ4n) is 2.65. The van der Waals surface area contributed by atoms with E-state index in [4.69, 9.17) is 4.74 Å². The van der Waals surface area contributed by atoms with Gasteiger partial charge in [0.2, 0.25) is 0 Å². The van der Waals surface area contributed by atoms with Gasteiger partial charge in [0.05, 0.1) is 13.2 Å². The molecule has 1 aromatic rings. The molecule has 1 aromatic heterocycles. The lowest BCUT2D eigenvalue weighted by Gasteiger charge is -2.36. The number of carbonyl (C=O) groups is 1. The minimum atomic E-state index is -0.0994. The Kier molecular flexibility index (Phi) is 5.70. The number of amides is 1. The number of rotatable bonds is 5. The van der Waals surface area contributed by atoms with Gasteiger partial charge in [-0.05, 0) is 25.0 Å². The van der Waals surface area contributed by atoms with Crippen molar-refractivity contribution in [2.75, 3.05) is 32.8 Å². The summed E-state index contributed by atoms with van der Waals surface area (Å²) in [6.45, 7) is 10.3. The Bertz CT molecular complexity index is 470. The first kappa shape index (κ1) is 15.9. The van der Waals surface area contributed by atoms with Gasteiger partial charge in [0.25, 0.3) is 5.91 Å². The predicted octanol–water partition coefficient (Wildman–Crippen LogP) is 1.48. The van der Waals surface area contributed by atoms with Crippen LogP contribution in [0.1, 0.15) is 30.0 Å². The number of ether oxygens (including phenoxy) is 1. The number of carbonyl (C=O) groups excluding carboxylic acids is 1. The molecule has 1 amide bonds. The SMILES string of the molecule is Cc1cccc(C(=O)NCC(C(C)C)N2CCOCC2)n1. The average Bonchev–Trinajstić information content (AvgIpc) is 2.48. The largest absolute Gasteiger partial charge is 0.379 e. The summed E-state index contributed by atoms with van der Waals surface area (Å²) >= 11 is 0. The van der Waals surface area contributed by atoms with E-state index in [2.05, 4.69) is 29.0 Å². The highest BCUT2D eigenvalue weighted by molar-refractivity contribution is 5.92. The van der Waals surface area contributed by atoms with Crippen molar-refractivity contribution in [3.63, 3.8) is 0 Å². The lowest BCUT2D eigenvalue weighted by Crippen LogP contribution is -2.51. The standard InChI is InChI=1S/C16H25N3O2/c1-12(2)15(19-7-9-21-10-8-19)11-17-16(20)14-6-4-5-13(3)18-14/h4-6,12,15H,7-11H2,1-3H3,(H,17,20). The second kappa shape index (κ2) is 7.52. The average molecular weight is 291 g/mol. The summed E-state index contributed by atoms with van der Waals surface area (Å²) in [5, 5.41) is 3.02. The van der Waals surface area contributed by atoms with Crippen LogP contribution in [0.2, 0.25) is 0 Å². The summed E-state index contributed by atoms with van der Waals surface area (Å²) in [7, 11) is 0. The molecule has 1 atom stereocenters. The third kappa shape index (κ3) is 4.51.